The number of morpholine rings is 1. The molecule has 4 saturated carbocycles. The van der Waals surface area contributed by atoms with Crippen LogP contribution in [-0.2, 0) is 62.3 Å². The molecule has 7 aliphatic rings. The molecule has 1 spiro atoms. The standard InChI is InChI=1S/C71H114ClF3N12O13/c1-12-45(4)60-67(97)81(7)42-58(90)79(5)43-59(91)83(9)54(39-47-25-23-44(3)24-26-47)65(95)80(6)41-56(88)76-51(30-28-46-27-29-49(50(72)38-46)71(73,74)75)64(94)87-33-19-22-53(87)63(93)78-70(31-17-18-32-70)69(99)85(11)61(48-20-15-14-16-21-48)68(98)84(10)55(66(96)86-34-36-100-37-35-86)40-57(89)82(8)52(13-2)62(92)77-60/h44-55,60-61H,12-43H2,1-11H3,(H,76,88)(H,77,92)(H,78,93)/t44?,45-,46?,47?,49?,50?,51-,52-,53-,54-,55-,60-,61-/m0/s1. The number of fused-ring (bicyclic) bond motifs is 1. The van der Waals surface area contributed by atoms with Crippen LogP contribution in [-0.4, -0.2) is 276 Å². The van der Waals surface area contributed by atoms with E-state index in [1.54, 1.807) is 13.8 Å². The van der Waals surface area contributed by atoms with E-state index in [2.05, 4.69) is 22.9 Å². The van der Waals surface area contributed by atoms with E-state index >= 15 is 19.2 Å². The van der Waals surface area contributed by atoms with Crippen molar-refractivity contribution < 1.29 is 75.4 Å². The molecule has 0 radical (unpaired) electrons. The Morgan fingerprint density at radius 3 is 1.84 bits per heavy atom. The molecular weight excluding hydrogens is 1320 g/mol. The van der Waals surface area contributed by atoms with Gasteiger partial charge in [0.25, 0.3) is 0 Å². The fraction of sp³-hybridized carbons (Fsp3) is 0.831. The van der Waals surface area contributed by atoms with Gasteiger partial charge >= 0.3 is 6.18 Å². The molecule has 0 aromatic rings. The van der Waals surface area contributed by atoms with Crippen molar-refractivity contribution in [1.82, 2.24) is 60.0 Å². The van der Waals surface area contributed by atoms with Crippen LogP contribution in [0.3, 0.4) is 0 Å². The Morgan fingerprint density at radius 1 is 0.620 bits per heavy atom. The second kappa shape index (κ2) is 36.2. The number of likely N-dealkylation sites (N-methyl/N-ethyl adjacent to an activating group) is 7. The number of ether oxygens (including phenoxy) is 1. The molecule has 7 fully saturated rings. The van der Waals surface area contributed by atoms with Gasteiger partial charge in [-0.1, -0.05) is 91.9 Å². The number of nitrogens with one attached hydrogen (secondary N) is 3. The van der Waals surface area contributed by atoms with Gasteiger partial charge in [-0.15, -0.1) is 11.6 Å². The molecule has 100 heavy (non-hydrogen) atoms. The summed E-state index contributed by atoms with van der Waals surface area (Å²) in [6.07, 6.45) is 4.36. The van der Waals surface area contributed by atoms with Crippen LogP contribution in [0.15, 0.2) is 0 Å². The van der Waals surface area contributed by atoms with Gasteiger partial charge in [0.15, 0.2) is 0 Å². The van der Waals surface area contributed by atoms with Gasteiger partial charge in [-0.05, 0) is 113 Å². The number of rotatable bonds is 10. The zero-order valence-electron chi connectivity index (χ0n) is 61.1. The molecular formula is C71H114ClF3N12O13. The highest BCUT2D eigenvalue weighted by Crippen LogP contribution is 2.44. The van der Waals surface area contributed by atoms with Crippen molar-refractivity contribution in [2.75, 3.05) is 102 Å². The van der Waals surface area contributed by atoms with E-state index in [0.29, 0.717) is 44.4 Å². The quantitative estimate of drug-likeness (QED) is 0.245. The zero-order chi connectivity index (χ0) is 73.7. The summed E-state index contributed by atoms with van der Waals surface area (Å²) >= 11 is 6.41. The van der Waals surface area contributed by atoms with Gasteiger partial charge < -0.3 is 64.8 Å². The van der Waals surface area contributed by atoms with E-state index in [1.165, 1.54) is 78.7 Å². The maximum Gasteiger partial charge on any atom is 0.393 e. The molecule has 7 rings (SSSR count). The van der Waals surface area contributed by atoms with Crippen LogP contribution in [0.5, 0.6) is 0 Å². The van der Waals surface area contributed by atoms with E-state index in [1.807, 2.05) is 6.92 Å². The third kappa shape index (κ3) is 20.1. The summed E-state index contributed by atoms with van der Waals surface area (Å²) < 4.78 is 47.6. The second-order valence-corrected chi connectivity index (χ2v) is 30.8. The first-order valence-electron chi connectivity index (χ1n) is 36.8. The van der Waals surface area contributed by atoms with Crippen LogP contribution < -0.4 is 16.0 Å². The summed E-state index contributed by atoms with van der Waals surface area (Å²) in [7, 11) is 9.97. The van der Waals surface area contributed by atoms with Crippen molar-refractivity contribution >= 4 is 82.5 Å². The first-order chi connectivity index (χ1) is 47.2. The van der Waals surface area contributed by atoms with Crippen LogP contribution in [0.4, 0.5) is 13.2 Å². The third-order valence-corrected chi connectivity index (χ3v) is 23.7. The summed E-state index contributed by atoms with van der Waals surface area (Å²) in [5, 5.41) is 7.56. The predicted molar refractivity (Wildman–Crippen MR) is 367 cm³/mol. The fourth-order valence-electron chi connectivity index (χ4n) is 16.4. The molecule has 25 nitrogen and oxygen atoms in total. The van der Waals surface area contributed by atoms with Crippen LogP contribution in [0.2, 0.25) is 0 Å². The monoisotopic (exact) mass is 1430 g/mol. The van der Waals surface area contributed by atoms with Crippen molar-refractivity contribution in [3.05, 3.63) is 0 Å². The minimum Gasteiger partial charge on any atom is -0.378 e. The molecule has 11 atom stereocenters. The summed E-state index contributed by atoms with van der Waals surface area (Å²) in [6.45, 7) is 6.56. The molecule has 3 aliphatic heterocycles. The minimum absolute atomic E-state index is 0.00162. The maximum absolute atomic E-state index is 15.7. The van der Waals surface area contributed by atoms with Gasteiger partial charge in [0.2, 0.25) is 70.9 Å². The van der Waals surface area contributed by atoms with Gasteiger partial charge in [-0.25, -0.2) is 0 Å². The number of hydrogen-bond donors (Lipinski definition) is 3. The molecule has 3 saturated heterocycles. The van der Waals surface area contributed by atoms with Crippen molar-refractivity contribution in [3.8, 4) is 0 Å². The number of carbonyl (C=O) groups excluding carboxylic acids is 12. The highest BCUT2D eigenvalue weighted by molar-refractivity contribution is 6.21. The normalized spacial score (nSPS) is 31.4. The largest absolute Gasteiger partial charge is 0.393 e. The Morgan fingerprint density at radius 2 is 1.23 bits per heavy atom. The van der Waals surface area contributed by atoms with Crippen LogP contribution >= 0.6 is 11.6 Å². The van der Waals surface area contributed by atoms with E-state index in [0.717, 1.165) is 59.6 Å². The van der Waals surface area contributed by atoms with Gasteiger partial charge in [-0.3, -0.25) is 57.5 Å². The number of carbonyl (C=O) groups is 12. The Kier molecular flexibility index (Phi) is 29.3. The van der Waals surface area contributed by atoms with Crippen molar-refractivity contribution in [3.63, 3.8) is 0 Å². The van der Waals surface area contributed by atoms with Crippen molar-refractivity contribution in [2.45, 2.75) is 241 Å². The lowest BCUT2D eigenvalue weighted by atomic mass is 9.78. The van der Waals surface area contributed by atoms with E-state index in [9.17, 15) is 51.5 Å². The first kappa shape index (κ1) is 81.0. The molecule has 0 aromatic carbocycles. The Hall–Kier alpha value is -6.32. The lowest BCUT2D eigenvalue weighted by Crippen LogP contribution is -2.65. The lowest BCUT2D eigenvalue weighted by Gasteiger charge is -2.43. The average Bonchev–Trinajstić information content (AvgIpc) is 1.41. The number of nitrogens with zero attached hydrogens (tertiary/aromatic N) is 9. The number of alkyl halides is 4. The SMILES string of the molecule is CC[C@H](C)[C@@H]1NC(=O)[C@H](CC)N(C)C(=O)C[C@@H](C(=O)N2CCOCC2)N(C)C(=O)[C@H](C2CCCCC2)N(C)C(=O)C2(CCCC2)NC(=O)[C@@H]2CCCN2C(=O)[C@H](CCC2CCC(C(F)(F)F)C(Cl)C2)NC(=O)CN(C)C(=O)[C@H](CC2CCC(C)CC2)N(C)C(=O)CN(C)C(=O)CN(C)C1=O. The molecule has 0 bridgehead atoms. The molecule has 4 aliphatic carbocycles. The average molecular weight is 1440 g/mol. The Labute approximate surface area is 594 Å². The maximum atomic E-state index is 15.7. The molecule has 29 heteroatoms. The smallest absolute Gasteiger partial charge is 0.378 e. The summed E-state index contributed by atoms with van der Waals surface area (Å²) in [5.74, 6) is -10.2. The highest BCUT2D eigenvalue weighted by Gasteiger charge is 2.52. The molecule has 3 heterocycles. The summed E-state index contributed by atoms with van der Waals surface area (Å²) in [6, 6.07) is -8.63. The Bertz CT molecular complexity index is 2900. The van der Waals surface area contributed by atoms with Crippen molar-refractivity contribution in [2.24, 2.45) is 35.5 Å². The van der Waals surface area contributed by atoms with E-state index < -0.39 is 174 Å². The minimum atomic E-state index is -4.51. The van der Waals surface area contributed by atoms with Crippen molar-refractivity contribution in [1.29, 1.82) is 0 Å². The Balaban J connectivity index is 1.26. The van der Waals surface area contributed by atoms with Gasteiger partial charge in [0.05, 0.1) is 45.2 Å². The fourth-order valence-corrected chi connectivity index (χ4v) is 16.9. The molecule has 564 valence electrons. The number of hydrogen-bond acceptors (Lipinski definition) is 13. The topological polar surface area (TPSA) is 279 Å². The van der Waals surface area contributed by atoms with Gasteiger partial charge in [0, 0.05) is 74.3 Å². The highest BCUT2D eigenvalue weighted by atomic mass is 35.5. The van der Waals surface area contributed by atoms with Crippen LogP contribution in [0.1, 0.15) is 182 Å². The number of halogens is 4. The zero-order valence-corrected chi connectivity index (χ0v) is 61.8. The van der Waals surface area contributed by atoms with Crippen LogP contribution in [0.25, 0.3) is 0 Å². The van der Waals surface area contributed by atoms with Crippen LogP contribution in [0, 0.1) is 35.5 Å². The van der Waals surface area contributed by atoms with Gasteiger partial charge in [0.1, 0.15) is 47.8 Å². The number of amides is 12. The molecule has 12 amide bonds. The lowest BCUT2D eigenvalue weighted by molar-refractivity contribution is -0.182. The summed E-state index contributed by atoms with van der Waals surface area (Å²) in [5.41, 5.74) is -1.56. The second-order valence-electron chi connectivity index (χ2n) is 30.2. The summed E-state index contributed by atoms with van der Waals surface area (Å²) in [4.78, 5) is 190. The predicted octanol–water partition coefficient (Wildman–Crippen LogP) is 4.94. The first-order valence-corrected chi connectivity index (χ1v) is 37.3. The molecule has 0 aromatic heterocycles. The van der Waals surface area contributed by atoms with E-state index in [4.69, 9.17) is 16.3 Å². The van der Waals surface area contributed by atoms with E-state index in [-0.39, 0.29) is 109 Å². The molecule has 3 unspecified atom stereocenters. The third-order valence-electron chi connectivity index (χ3n) is 23.2. The molecule has 3 N–H and O–H groups in total. The van der Waals surface area contributed by atoms with Gasteiger partial charge in [-0.2, -0.15) is 13.2 Å².